The number of ether oxygens (including phenoxy) is 1. The molecule has 1 atom stereocenters. The van der Waals surface area contributed by atoms with E-state index in [1.807, 2.05) is 0 Å². The number of esters is 1. The molecule has 2 aliphatic rings. The number of aryl methyl sites for hydroxylation is 2. The maximum atomic E-state index is 13.0. The van der Waals surface area contributed by atoms with Gasteiger partial charge in [0.15, 0.2) is 0 Å². The van der Waals surface area contributed by atoms with Crippen LogP contribution in [0.4, 0.5) is 5.69 Å². The highest BCUT2D eigenvalue weighted by Gasteiger charge is 2.29. The summed E-state index contributed by atoms with van der Waals surface area (Å²) in [4.78, 5) is 38.7. The number of carbonyl (C=O) groups excluding carboxylic acids is 2. The van der Waals surface area contributed by atoms with Gasteiger partial charge in [-0.15, -0.1) is 22.7 Å². The zero-order chi connectivity index (χ0) is 22.9. The lowest BCUT2D eigenvalue weighted by Crippen LogP contribution is -2.18. The molecule has 0 unspecified atom stereocenters. The summed E-state index contributed by atoms with van der Waals surface area (Å²) < 4.78 is 5.28. The van der Waals surface area contributed by atoms with Gasteiger partial charge in [0.2, 0.25) is 5.91 Å². The molecule has 5 rings (SSSR count). The minimum atomic E-state index is -0.352. The molecule has 0 radical (unpaired) electrons. The monoisotopic (exact) mass is 501 g/mol. The lowest BCUT2D eigenvalue weighted by atomic mass is 9.89. The van der Waals surface area contributed by atoms with Crippen LogP contribution in [0.5, 0.6) is 0 Å². The maximum Gasteiger partial charge on any atom is 0.350 e. The summed E-state index contributed by atoms with van der Waals surface area (Å²) in [6, 6.07) is 0. The molecule has 3 aromatic heterocycles. The van der Waals surface area contributed by atoms with Crippen molar-refractivity contribution >= 4 is 62.2 Å². The summed E-state index contributed by atoms with van der Waals surface area (Å²) in [6.45, 7) is 4.34. The average molecular weight is 502 g/mol. The molecule has 3 aromatic rings. The SMILES string of the molecule is CCOC(=O)c1sc2c(c1NC(=O)CSc1ncnc3sc4c(c13)CCCC4)CC[C@H](C)C2. The molecule has 0 bridgehead atoms. The van der Waals surface area contributed by atoms with Crippen molar-refractivity contribution in [3.8, 4) is 0 Å². The zero-order valence-corrected chi connectivity index (χ0v) is 21.3. The van der Waals surface area contributed by atoms with Gasteiger partial charge in [-0.1, -0.05) is 18.7 Å². The van der Waals surface area contributed by atoms with E-state index in [4.69, 9.17) is 4.74 Å². The Kier molecular flexibility index (Phi) is 6.72. The van der Waals surface area contributed by atoms with Crippen LogP contribution in [0.3, 0.4) is 0 Å². The molecule has 0 saturated carbocycles. The topological polar surface area (TPSA) is 81.2 Å². The molecule has 9 heteroatoms. The van der Waals surface area contributed by atoms with E-state index < -0.39 is 0 Å². The number of thiophene rings is 2. The number of fused-ring (bicyclic) bond motifs is 4. The molecule has 0 fully saturated rings. The van der Waals surface area contributed by atoms with E-state index in [0.29, 0.717) is 23.1 Å². The molecule has 0 spiro atoms. The fourth-order valence-corrected chi connectivity index (χ4v) is 8.18. The molecule has 174 valence electrons. The Bertz CT molecular complexity index is 1220. The van der Waals surface area contributed by atoms with Crippen molar-refractivity contribution in [3.05, 3.63) is 32.1 Å². The zero-order valence-electron chi connectivity index (χ0n) is 18.9. The van der Waals surface area contributed by atoms with E-state index in [-0.39, 0.29) is 17.6 Å². The lowest BCUT2D eigenvalue weighted by molar-refractivity contribution is -0.113. The second-order valence-electron chi connectivity index (χ2n) is 8.68. The standard InChI is InChI=1S/C24H27N3O3S3/c1-3-30-24(29)21-20(15-9-8-13(2)10-17(15)32-21)27-18(28)11-31-22-19-14-6-4-5-7-16(14)33-23(19)26-12-25-22/h12-13H,3-11H2,1-2H3,(H,27,28)/t13-/m0/s1. The van der Waals surface area contributed by atoms with Crippen LogP contribution in [0.25, 0.3) is 10.2 Å². The summed E-state index contributed by atoms with van der Waals surface area (Å²) >= 11 is 4.69. The van der Waals surface area contributed by atoms with Crippen LogP contribution >= 0.6 is 34.4 Å². The molecule has 0 saturated heterocycles. The molecule has 0 aliphatic heterocycles. The first-order chi connectivity index (χ1) is 16.0. The number of amides is 1. The first-order valence-electron chi connectivity index (χ1n) is 11.5. The van der Waals surface area contributed by atoms with Crippen LogP contribution < -0.4 is 5.32 Å². The van der Waals surface area contributed by atoms with Gasteiger partial charge in [0.05, 0.1) is 18.0 Å². The minimum Gasteiger partial charge on any atom is -0.462 e. The van der Waals surface area contributed by atoms with Crippen LogP contribution in [0.1, 0.15) is 63.7 Å². The van der Waals surface area contributed by atoms with Crippen LogP contribution in [0.2, 0.25) is 0 Å². The molecule has 2 aliphatic carbocycles. The predicted octanol–water partition coefficient (Wildman–Crippen LogP) is 5.66. The lowest BCUT2D eigenvalue weighted by Gasteiger charge is -2.19. The highest BCUT2D eigenvalue weighted by atomic mass is 32.2. The number of hydrogen-bond donors (Lipinski definition) is 1. The van der Waals surface area contributed by atoms with E-state index >= 15 is 0 Å². The van der Waals surface area contributed by atoms with Crippen LogP contribution in [0, 0.1) is 5.92 Å². The number of aromatic nitrogens is 2. The van der Waals surface area contributed by atoms with Crippen molar-refractivity contribution < 1.29 is 14.3 Å². The van der Waals surface area contributed by atoms with E-state index in [0.717, 1.165) is 52.9 Å². The van der Waals surface area contributed by atoms with Crippen molar-refractivity contribution in [1.29, 1.82) is 0 Å². The fraction of sp³-hybridized carbons (Fsp3) is 0.500. The summed E-state index contributed by atoms with van der Waals surface area (Å²) in [5.41, 5.74) is 3.14. The molecular weight excluding hydrogens is 474 g/mol. The van der Waals surface area contributed by atoms with Crippen molar-refractivity contribution in [1.82, 2.24) is 9.97 Å². The summed E-state index contributed by atoms with van der Waals surface area (Å²) in [5, 5.41) is 5.06. The van der Waals surface area contributed by atoms with Crippen LogP contribution in [-0.2, 0) is 35.2 Å². The number of nitrogens with one attached hydrogen (secondary N) is 1. The van der Waals surface area contributed by atoms with Gasteiger partial charge in [0, 0.05) is 15.1 Å². The summed E-state index contributed by atoms with van der Waals surface area (Å²) in [6.07, 6.45) is 9.07. The Hall–Kier alpha value is -1.97. The highest BCUT2D eigenvalue weighted by molar-refractivity contribution is 8.00. The highest BCUT2D eigenvalue weighted by Crippen LogP contribution is 2.41. The second-order valence-corrected chi connectivity index (χ2v) is 11.8. The molecular formula is C24H27N3O3S3. The van der Waals surface area contributed by atoms with Gasteiger partial charge in [-0.25, -0.2) is 14.8 Å². The number of hydrogen-bond acceptors (Lipinski definition) is 8. The Labute approximate surface area is 205 Å². The van der Waals surface area contributed by atoms with Gasteiger partial charge < -0.3 is 10.1 Å². The molecule has 1 amide bonds. The van der Waals surface area contributed by atoms with Gasteiger partial charge in [0.1, 0.15) is 21.1 Å². The molecule has 33 heavy (non-hydrogen) atoms. The average Bonchev–Trinajstić information content (AvgIpc) is 3.36. The third-order valence-electron chi connectivity index (χ3n) is 6.29. The molecule has 3 heterocycles. The Morgan fingerprint density at radius 2 is 2.00 bits per heavy atom. The number of nitrogens with zero attached hydrogens (tertiary/aromatic N) is 2. The van der Waals surface area contributed by atoms with Gasteiger partial charge in [-0.3, -0.25) is 4.79 Å². The summed E-state index contributed by atoms with van der Waals surface area (Å²) in [5.74, 6) is 0.345. The van der Waals surface area contributed by atoms with Crippen molar-refractivity contribution in [3.63, 3.8) is 0 Å². The largest absolute Gasteiger partial charge is 0.462 e. The number of carbonyl (C=O) groups is 2. The molecule has 0 aromatic carbocycles. The predicted molar refractivity (Wildman–Crippen MR) is 135 cm³/mol. The van der Waals surface area contributed by atoms with Crippen molar-refractivity contribution in [2.45, 2.75) is 63.8 Å². The Morgan fingerprint density at radius 1 is 1.15 bits per heavy atom. The second kappa shape index (κ2) is 9.72. The molecule has 1 N–H and O–H groups in total. The van der Waals surface area contributed by atoms with E-state index in [1.165, 1.54) is 51.3 Å². The minimum absolute atomic E-state index is 0.124. The van der Waals surface area contributed by atoms with E-state index in [2.05, 4.69) is 22.2 Å². The Morgan fingerprint density at radius 3 is 2.85 bits per heavy atom. The number of anilines is 1. The number of rotatable bonds is 6. The summed E-state index contributed by atoms with van der Waals surface area (Å²) in [7, 11) is 0. The van der Waals surface area contributed by atoms with E-state index in [9.17, 15) is 9.59 Å². The van der Waals surface area contributed by atoms with Crippen LogP contribution in [0.15, 0.2) is 11.4 Å². The van der Waals surface area contributed by atoms with Gasteiger partial charge in [-0.05, 0) is 68.9 Å². The van der Waals surface area contributed by atoms with Crippen LogP contribution in [-0.4, -0.2) is 34.2 Å². The van der Waals surface area contributed by atoms with Crippen molar-refractivity contribution in [2.24, 2.45) is 5.92 Å². The first-order valence-corrected chi connectivity index (χ1v) is 14.2. The van der Waals surface area contributed by atoms with Crippen molar-refractivity contribution in [2.75, 3.05) is 17.7 Å². The van der Waals surface area contributed by atoms with Gasteiger partial charge >= 0.3 is 5.97 Å². The smallest absolute Gasteiger partial charge is 0.350 e. The van der Waals surface area contributed by atoms with Gasteiger partial charge in [-0.2, -0.15) is 0 Å². The normalized spacial score (nSPS) is 17.5. The van der Waals surface area contributed by atoms with E-state index in [1.54, 1.807) is 24.6 Å². The first kappa shape index (κ1) is 22.8. The maximum absolute atomic E-state index is 13.0. The Balaban J connectivity index is 1.36. The quantitative estimate of drug-likeness (QED) is 0.266. The third-order valence-corrected chi connectivity index (χ3v) is 9.72. The fourth-order valence-electron chi connectivity index (χ4n) is 4.70. The van der Waals surface area contributed by atoms with Gasteiger partial charge in [0.25, 0.3) is 0 Å². The third kappa shape index (κ3) is 4.55. The number of thioether (sulfide) groups is 1. The molecule has 6 nitrogen and oxygen atoms in total.